The Morgan fingerprint density at radius 1 is 1.12 bits per heavy atom. The Bertz CT molecular complexity index is 924. The zero-order chi connectivity index (χ0) is 19.5. The number of carbonyl (C=O) groups excluding carboxylic acids is 1. The van der Waals surface area contributed by atoms with Gasteiger partial charge in [0.2, 0.25) is 15.9 Å². The monoisotopic (exact) mass is 392 g/mol. The summed E-state index contributed by atoms with van der Waals surface area (Å²) in [5.41, 5.74) is 3.54. The second kappa shape index (κ2) is 8.24. The quantitative estimate of drug-likeness (QED) is 0.728. The maximum absolute atomic E-state index is 12.8. The van der Waals surface area contributed by atoms with Gasteiger partial charge in [-0.2, -0.15) is 0 Å². The lowest BCUT2D eigenvalue weighted by molar-refractivity contribution is -0.114. The molecule has 0 aromatic heterocycles. The van der Waals surface area contributed by atoms with Crippen molar-refractivity contribution in [2.75, 3.05) is 11.6 Å². The SMILES string of the molecule is CSc1ccc(S(=O)(=O)N[C@@H](C)c2cc(C)ccc2C)cc1NC(C)=O. The van der Waals surface area contributed by atoms with Gasteiger partial charge in [0.05, 0.1) is 10.6 Å². The van der Waals surface area contributed by atoms with Gasteiger partial charge in [-0.1, -0.05) is 23.8 Å². The van der Waals surface area contributed by atoms with Crippen molar-refractivity contribution in [3.63, 3.8) is 0 Å². The zero-order valence-electron chi connectivity index (χ0n) is 15.6. The first-order valence-corrected chi connectivity index (χ1v) is 10.9. The van der Waals surface area contributed by atoms with Gasteiger partial charge >= 0.3 is 0 Å². The first-order valence-electron chi connectivity index (χ1n) is 8.19. The van der Waals surface area contributed by atoms with E-state index in [1.807, 2.05) is 45.2 Å². The van der Waals surface area contributed by atoms with Crippen LogP contribution < -0.4 is 10.0 Å². The van der Waals surface area contributed by atoms with Crippen molar-refractivity contribution >= 4 is 33.4 Å². The molecule has 2 N–H and O–H groups in total. The van der Waals surface area contributed by atoms with Crippen LogP contribution in [0.2, 0.25) is 0 Å². The van der Waals surface area contributed by atoms with E-state index >= 15 is 0 Å². The maximum Gasteiger partial charge on any atom is 0.241 e. The minimum Gasteiger partial charge on any atom is -0.325 e. The van der Waals surface area contributed by atoms with Crippen LogP contribution in [0.1, 0.15) is 36.6 Å². The smallest absolute Gasteiger partial charge is 0.241 e. The normalized spacial score (nSPS) is 12.7. The van der Waals surface area contributed by atoms with Crippen LogP contribution in [0.4, 0.5) is 5.69 Å². The summed E-state index contributed by atoms with van der Waals surface area (Å²) in [5, 5.41) is 2.69. The summed E-state index contributed by atoms with van der Waals surface area (Å²) < 4.78 is 28.4. The molecule has 0 bridgehead atoms. The summed E-state index contributed by atoms with van der Waals surface area (Å²) in [6.45, 7) is 7.16. The molecule has 0 fully saturated rings. The molecule has 140 valence electrons. The fourth-order valence-electron chi connectivity index (χ4n) is 2.73. The molecule has 2 rings (SSSR count). The van der Waals surface area contributed by atoms with Gasteiger partial charge in [-0.3, -0.25) is 4.79 Å². The van der Waals surface area contributed by atoms with E-state index in [4.69, 9.17) is 0 Å². The Balaban J connectivity index is 2.35. The molecule has 0 aliphatic carbocycles. The highest BCUT2D eigenvalue weighted by molar-refractivity contribution is 7.98. The average molecular weight is 393 g/mol. The van der Waals surface area contributed by atoms with Gasteiger partial charge in [-0.05, 0) is 56.4 Å². The van der Waals surface area contributed by atoms with Crippen LogP contribution in [0, 0.1) is 13.8 Å². The Hall–Kier alpha value is -1.83. The summed E-state index contributed by atoms with van der Waals surface area (Å²) in [7, 11) is -3.73. The van der Waals surface area contributed by atoms with Gasteiger partial charge in [0.1, 0.15) is 0 Å². The summed E-state index contributed by atoms with van der Waals surface area (Å²) >= 11 is 1.44. The van der Waals surface area contributed by atoms with Crippen LogP contribution in [0.5, 0.6) is 0 Å². The number of aryl methyl sites for hydroxylation is 2. The number of amides is 1. The van der Waals surface area contributed by atoms with Gasteiger partial charge in [-0.15, -0.1) is 11.8 Å². The van der Waals surface area contributed by atoms with Crippen LogP contribution in [0.3, 0.4) is 0 Å². The number of hydrogen-bond acceptors (Lipinski definition) is 4. The second-order valence-electron chi connectivity index (χ2n) is 6.25. The van der Waals surface area contributed by atoms with E-state index in [0.29, 0.717) is 5.69 Å². The minimum atomic E-state index is -3.73. The number of rotatable bonds is 6. The van der Waals surface area contributed by atoms with Crippen LogP contribution in [0.25, 0.3) is 0 Å². The molecular weight excluding hydrogens is 368 g/mol. The molecule has 0 aliphatic heterocycles. The summed E-state index contributed by atoms with van der Waals surface area (Å²) in [4.78, 5) is 12.3. The molecule has 5 nitrogen and oxygen atoms in total. The Morgan fingerprint density at radius 2 is 1.81 bits per heavy atom. The summed E-state index contributed by atoms with van der Waals surface area (Å²) in [5.74, 6) is -0.244. The number of anilines is 1. The molecule has 7 heteroatoms. The molecule has 0 radical (unpaired) electrons. The average Bonchev–Trinajstić information content (AvgIpc) is 2.56. The molecule has 0 aliphatic rings. The van der Waals surface area contributed by atoms with E-state index < -0.39 is 10.0 Å². The van der Waals surface area contributed by atoms with E-state index in [0.717, 1.165) is 21.6 Å². The first kappa shape index (κ1) is 20.5. The van der Waals surface area contributed by atoms with Crippen molar-refractivity contribution in [3.05, 3.63) is 53.1 Å². The lowest BCUT2D eigenvalue weighted by atomic mass is 10.0. The molecule has 1 atom stereocenters. The van der Waals surface area contributed by atoms with Crippen molar-refractivity contribution in [1.29, 1.82) is 0 Å². The predicted octanol–water partition coefficient (Wildman–Crippen LogP) is 4.02. The molecule has 0 saturated carbocycles. The molecule has 0 spiro atoms. The van der Waals surface area contributed by atoms with Crippen molar-refractivity contribution in [3.8, 4) is 0 Å². The largest absolute Gasteiger partial charge is 0.325 e. The second-order valence-corrected chi connectivity index (χ2v) is 8.81. The van der Waals surface area contributed by atoms with Crippen molar-refractivity contribution in [2.45, 2.75) is 43.5 Å². The van der Waals surface area contributed by atoms with Gasteiger partial charge < -0.3 is 5.32 Å². The molecule has 0 saturated heterocycles. The molecular formula is C19H24N2O3S2. The number of hydrogen-bond donors (Lipinski definition) is 2. The topological polar surface area (TPSA) is 75.3 Å². The van der Waals surface area contributed by atoms with E-state index in [1.54, 1.807) is 12.1 Å². The highest BCUT2D eigenvalue weighted by Crippen LogP contribution is 2.29. The zero-order valence-corrected chi connectivity index (χ0v) is 17.2. The first-order chi connectivity index (χ1) is 12.1. The molecule has 1 amide bonds. The van der Waals surface area contributed by atoms with E-state index in [9.17, 15) is 13.2 Å². The van der Waals surface area contributed by atoms with Crippen LogP contribution in [0.15, 0.2) is 46.2 Å². The molecule has 2 aromatic carbocycles. The van der Waals surface area contributed by atoms with Crippen LogP contribution in [-0.4, -0.2) is 20.6 Å². The molecule has 0 heterocycles. The highest BCUT2D eigenvalue weighted by Gasteiger charge is 2.21. The maximum atomic E-state index is 12.8. The number of carbonyl (C=O) groups is 1. The van der Waals surface area contributed by atoms with Crippen LogP contribution >= 0.6 is 11.8 Å². The van der Waals surface area contributed by atoms with Crippen LogP contribution in [-0.2, 0) is 14.8 Å². The third-order valence-corrected chi connectivity index (χ3v) is 6.36. The number of benzene rings is 2. The standard InChI is InChI=1S/C19H24N2O3S2/c1-12-6-7-13(2)17(10-12)14(3)21-26(23,24)16-8-9-19(25-5)18(11-16)20-15(4)22/h6-11,14,21H,1-5H3,(H,20,22)/t14-/m0/s1. The van der Waals surface area contributed by atoms with E-state index in [2.05, 4.69) is 10.0 Å². The highest BCUT2D eigenvalue weighted by atomic mass is 32.2. The van der Waals surface area contributed by atoms with Gasteiger partial charge in [-0.25, -0.2) is 13.1 Å². The molecule has 26 heavy (non-hydrogen) atoms. The lowest BCUT2D eigenvalue weighted by Crippen LogP contribution is -2.27. The third kappa shape index (κ3) is 4.87. The third-order valence-electron chi connectivity index (χ3n) is 4.03. The predicted molar refractivity (Wildman–Crippen MR) is 107 cm³/mol. The number of sulfonamides is 1. The van der Waals surface area contributed by atoms with Gasteiger partial charge in [0.15, 0.2) is 0 Å². The Kier molecular flexibility index (Phi) is 6.49. The lowest BCUT2D eigenvalue weighted by Gasteiger charge is -2.18. The van der Waals surface area contributed by atoms with E-state index in [1.165, 1.54) is 24.8 Å². The molecule has 0 unspecified atom stereocenters. The van der Waals surface area contributed by atoms with Crippen molar-refractivity contribution in [1.82, 2.24) is 4.72 Å². The van der Waals surface area contributed by atoms with Gasteiger partial charge in [0, 0.05) is 17.9 Å². The van der Waals surface area contributed by atoms with Gasteiger partial charge in [0.25, 0.3) is 0 Å². The summed E-state index contributed by atoms with van der Waals surface area (Å²) in [6.07, 6.45) is 1.87. The molecule has 2 aromatic rings. The number of thioether (sulfide) groups is 1. The Labute approximate surface area is 159 Å². The van der Waals surface area contributed by atoms with E-state index in [-0.39, 0.29) is 16.8 Å². The Morgan fingerprint density at radius 3 is 2.42 bits per heavy atom. The fraction of sp³-hybridized carbons (Fsp3) is 0.316. The van der Waals surface area contributed by atoms with Crippen molar-refractivity contribution in [2.24, 2.45) is 0 Å². The minimum absolute atomic E-state index is 0.121. The fourth-order valence-corrected chi connectivity index (χ4v) is 4.51. The van der Waals surface area contributed by atoms with Crippen molar-refractivity contribution < 1.29 is 13.2 Å². The number of nitrogens with one attached hydrogen (secondary N) is 2. The summed E-state index contributed by atoms with van der Waals surface area (Å²) in [6, 6.07) is 10.3.